The predicted molar refractivity (Wildman–Crippen MR) is 89.7 cm³/mol. The van der Waals surface area contributed by atoms with Crippen molar-refractivity contribution in [2.45, 2.75) is 13.5 Å². The highest BCUT2D eigenvalue weighted by Crippen LogP contribution is 2.30. The summed E-state index contributed by atoms with van der Waals surface area (Å²) in [5.41, 5.74) is 1.92. The van der Waals surface area contributed by atoms with E-state index in [4.69, 9.17) is 26.2 Å². The quantitative estimate of drug-likeness (QED) is 0.641. The van der Waals surface area contributed by atoms with Gasteiger partial charge in [-0.1, -0.05) is 41.9 Å². The highest BCUT2D eigenvalue weighted by Gasteiger charge is 2.21. The van der Waals surface area contributed by atoms with E-state index in [-0.39, 0.29) is 23.0 Å². The van der Waals surface area contributed by atoms with E-state index in [0.717, 1.165) is 5.56 Å². The van der Waals surface area contributed by atoms with E-state index in [0.29, 0.717) is 16.9 Å². The molecule has 0 saturated heterocycles. The number of aliphatic hydroxyl groups excluding tert-OH is 1. The normalized spacial score (nSPS) is 10.3. The Morgan fingerprint density at radius 2 is 1.79 bits per heavy atom. The van der Waals surface area contributed by atoms with Crippen LogP contribution in [0.5, 0.6) is 5.75 Å². The molecule has 0 spiro atoms. The molecular weight excluding hydrogens is 332 g/mol. The van der Waals surface area contributed by atoms with Crippen molar-refractivity contribution in [2.24, 2.45) is 0 Å². The number of aryl methyl sites for hydroxylation is 1. The van der Waals surface area contributed by atoms with Crippen molar-refractivity contribution in [3.63, 3.8) is 0 Å². The third-order valence-corrected chi connectivity index (χ3v) is 3.82. The Bertz CT molecular complexity index is 753. The van der Waals surface area contributed by atoms with Crippen LogP contribution in [0.2, 0.25) is 5.02 Å². The number of Topliss-reactive ketones (excluding diaryl/α,β-unsaturated/α-hetero) is 1. The molecule has 0 fully saturated rings. The van der Waals surface area contributed by atoms with Crippen LogP contribution < -0.4 is 4.74 Å². The number of ether oxygens (including phenoxy) is 2. The lowest BCUT2D eigenvalue weighted by atomic mass is 10.1. The van der Waals surface area contributed by atoms with Crippen molar-refractivity contribution in [2.75, 3.05) is 13.7 Å². The van der Waals surface area contributed by atoms with Gasteiger partial charge in [0.1, 0.15) is 11.3 Å². The first-order valence-corrected chi connectivity index (χ1v) is 7.59. The number of esters is 1. The van der Waals surface area contributed by atoms with Crippen LogP contribution in [-0.2, 0) is 11.3 Å². The molecule has 0 aliphatic carbocycles. The molecule has 5 nitrogen and oxygen atoms in total. The Morgan fingerprint density at radius 1 is 1.12 bits per heavy atom. The zero-order valence-corrected chi connectivity index (χ0v) is 14.1. The first-order chi connectivity index (χ1) is 11.5. The maximum atomic E-state index is 12.3. The van der Waals surface area contributed by atoms with Crippen LogP contribution in [0.3, 0.4) is 0 Å². The Morgan fingerprint density at radius 3 is 2.38 bits per heavy atom. The molecule has 0 atom stereocenters. The fourth-order valence-electron chi connectivity index (χ4n) is 2.20. The number of benzene rings is 2. The molecule has 0 unspecified atom stereocenters. The van der Waals surface area contributed by atoms with E-state index in [1.54, 1.807) is 43.3 Å². The van der Waals surface area contributed by atoms with Gasteiger partial charge < -0.3 is 14.6 Å². The Kier molecular flexibility index (Phi) is 5.95. The highest BCUT2D eigenvalue weighted by atomic mass is 35.5. The molecule has 126 valence electrons. The van der Waals surface area contributed by atoms with Gasteiger partial charge >= 0.3 is 5.97 Å². The van der Waals surface area contributed by atoms with E-state index >= 15 is 0 Å². The van der Waals surface area contributed by atoms with Gasteiger partial charge in [0, 0.05) is 5.56 Å². The monoisotopic (exact) mass is 348 g/mol. The molecule has 2 aromatic carbocycles. The van der Waals surface area contributed by atoms with Crippen LogP contribution in [0, 0.1) is 6.92 Å². The molecule has 1 N–H and O–H groups in total. The number of rotatable bonds is 6. The summed E-state index contributed by atoms with van der Waals surface area (Å²) in [5.74, 6) is -0.747. The zero-order chi connectivity index (χ0) is 17.7. The van der Waals surface area contributed by atoms with E-state index in [2.05, 4.69) is 0 Å². The Labute approximate surface area is 144 Å². The lowest BCUT2D eigenvalue weighted by molar-refractivity contribution is 0.0471. The topological polar surface area (TPSA) is 72.8 Å². The zero-order valence-electron chi connectivity index (χ0n) is 13.3. The largest absolute Gasteiger partial charge is 0.496 e. The van der Waals surface area contributed by atoms with Crippen molar-refractivity contribution in [3.8, 4) is 5.75 Å². The van der Waals surface area contributed by atoms with Crippen molar-refractivity contribution in [3.05, 3.63) is 63.7 Å². The summed E-state index contributed by atoms with van der Waals surface area (Å²) in [6, 6.07) is 9.71. The van der Waals surface area contributed by atoms with Gasteiger partial charge in [-0.2, -0.15) is 0 Å². The SMILES string of the molecule is COc1c(C)ccc(Cl)c1C(=O)OCC(=O)c1ccc(CO)cc1. The maximum Gasteiger partial charge on any atom is 0.343 e. The van der Waals surface area contributed by atoms with Crippen LogP contribution in [0.15, 0.2) is 36.4 Å². The van der Waals surface area contributed by atoms with Crippen LogP contribution in [-0.4, -0.2) is 30.6 Å². The molecule has 0 aromatic heterocycles. The van der Waals surface area contributed by atoms with Crippen LogP contribution in [0.4, 0.5) is 0 Å². The fourth-order valence-corrected chi connectivity index (χ4v) is 2.42. The van der Waals surface area contributed by atoms with E-state index < -0.39 is 12.6 Å². The molecule has 0 aliphatic rings. The highest BCUT2D eigenvalue weighted by molar-refractivity contribution is 6.34. The van der Waals surface area contributed by atoms with Crippen molar-refractivity contribution in [1.29, 1.82) is 0 Å². The van der Waals surface area contributed by atoms with Crippen LogP contribution >= 0.6 is 11.6 Å². The summed E-state index contributed by atoms with van der Waals surface area (Å²) in [5, 5.41) is 9.18. The number of aliphatic hydroxyl groups is 1. The number of methoxy groups -OCH3 is 1. The summed E-state index contributed by atoms with van der Waals surface area (Å²) in [4.78, 5) is 24.3. The fraction of sp³-hybridized carbons (Fsp3) is 0.222. The average molecular weight is 349 g/mol. The van der Waals surface area contributed by atoms with E-state index in [1.807, 2.05) is 0 Å². The van der Waals surface area contributed by atoms with Gasteiger partial charge in [-0.25, -0.2) is 4.79 Å². The molecular formula is C18H17ClO5. The Balaban J connectivity index is 2.10. The van der Waals surface area contributed by atoms with Crippen molar-refractivity contribution in [1.82, 2.24) is 0 Å². The lowest BCUT2D eigenvalue weighted by Crippen LogP contribution is -2.15. The molecule has 0 bridgehead atoms. The van der Waals surface area contributed by atoms with Gasteiger partial charge in [0.2, 0.25) is 0 Å². The first kappa shape index (κ1) is 18.0. The molecule has 6 heteroatoms. The average Bonchev–Trinajstić information content (AvgIpc) is 2.61. The van der Waals surface area contributed by atoms with E-state index in [1.165, 1.54) is 7.11 Å². The minimum atomic E-state index is -0.721. The second-order valence-corrected chi connectivity index (χ2v) is 5.53. The smallest absolute Gasteiger partial charge is 0.343 e. The summed E-state index contributed by atoms with van der Waals surface area (Å²) in [6.07, 6.45) is 0. The number of carbonyl (C=O) groups excluding carboxylic acids is 2. The maximum absolute atomic E-state index is 12.3. The minimum absolute atomic E-state index is 0.0996. The summed E-state index contributed by atoms with van der Waals surface area (Å²) in [7, 11) is 1.43. The molecule has 0 amide bonds. The number of carbonyl (C=O) groups is 2. The molecule has 0 saturated carbocycles. The molecule has 0 aliphatic heterocycles. The van der Waals surface area contributed by atoms with Crippen molar-refractivity contribution >= 4 is 23.4 Å². The number of halogens is 1. The van der Waals surface area contributed by atoms with Crippen molar-refractivity contribution < 1.29 is 24.2 Å². The number of hydrogen-bond acceptors (Lipinski definition) is 5. The van der Waals surface area contributed by atoms with E-state index in [9.17, 15) is 9.59 Å². The number of ketones is 1. The van der Waals surface area contributed by atoms with Crippen LogP contribution in [0.1, 0.15) is 31.8 Å². The van der Waals surface area contributed by atoms with Gasteiger partial charge in [0.25, 0.3) is 0 Å². The number of hydrogen-bond donors (Lipinski definition) is 1. The first-order valence-electron chi connectivity index (χ1n) is 7.21. The van der Waals surface area contributed by atoms with Gasteiger partial charge in [-0.05, 0) is 24.1 Å². The molecule has 24 heavy (non-hydrogen) atoms. The predicted octanol–water partition coefficient (Wildman–Crippen LogP) is 3.19. The van der Waals surface area contributed by atoms with Crippen LogP contribution in [0.25, 0.3) is 0 Å². The Hall–Kier alpha value is -2.37. The standard InChI is InChI=1S/C18H17ClO5/c1-11-3-8-14(19)16(17(11)23-2)18(22)24-10-15(21)13-6-4-12(9-20)5-7-13/h3-8,20H,9-10H2,1-2H3. The summed E-state index contributed by atoms with van der Waals surface area (Å²) in [6.45, 7) is 1.26. The van der Waals surface area contributed by atoms with Gasteiger partial charge in [-0.15, -0.1) is 0 Å². The van der Waals surface area contributed by atoms with Gasteiger partial charge in [0.05, 0.1) is 18.7 Å². The second-order valence-electron chi connectivity index (χ2n) is 5.13. The lowest BCUT2D eigenvalue weighted by Gasteiger charge is -2.12. The van der Waals surface area contributed by atoms with Gasteiger partial charge in [-0.3, -0.25) is 4.79 Å². The minimum Gasteiger partial charge on any atom is -0.496 e. The second kappa shape index (κ2) is 7.95. The third kappa shape index (κ3) is 3.93. The van der Waals surface area contributed by atoms with Gasteiger partial charge in [0.15, 0.2) is 12.4 Å². The molecule has 0 heterocycles. The molecule has 2 aromatic rings. The molecule has 0 radical (unpaired) electrons. The summed E-state index contributed by atoms with van der Waals surface area (Å²) >= 11 is 6.05. The molecule has 2 rings (SSSR count). The summed E-state index contributed by atoms with van der Waals surface area (Å²) < 4.78 is 10.3. The third-order valence-electron chi connectivity index (χ3n) is 3.50.